The SMILES string of the molecule is C=CC(=O)N1CCn2nc(-c3nc(-c4ccc(=O)n(CC(F)F)c4)c4ccsc4c3-c3c(F)cc(F)cc3OCCOC)cc2C1C. The summed E-state index contributed by atoms with van der Waals surface area (Å²) in [4.78, 5) is 31.6. The third kappa shape index (κ3) is 6.05. The maximum absolute atomic E-state index is 16.0. The standard InChI is InChI=1S/C33H29F4N5O4S/c1-4-27(43)41-8-9-42-24(18(41)2)15-23(39-42)32-30(29-22(35)13-20(34)14-25(29)46-11-10-45-3)33-21(7-12-47-33)31(38-32)19-5-6-28(44)40(16-19)17-26(36)37/h4-7,12-16,18,26H,1,8-11,17H2,2-3H3. The summed E-state index contributed by atoms with van der Waals surface area (Å²) in [6.45, 7) is 5.57. The third-order valence-electron chi connectivity index (χ3n) is 7.97. The minimum atomic E-state index is -2.76. The number of ether oxygens (including phenoxy) is 2. The average molecular weight is 668 g/mol. The lowest BCUT2D eigenvalue weighted by Crippen LogP contribution is -2.40. The summed E-state index contributed by atoms with van der Waals surface area (Å²) in [5.41, 5.74) is 1.59. The summed E-state index contributed by atoms with van der Waals surface area (Å²) in [5, 5.41) is 7.12. The van der Waals surface area contributed by atoms with Crippen molar-refractivity contribution in [1.29, 1.82) is 0 Å². The number of pyridine rings is 2. The van der Waals surface area contributed by atoms with Gasteiger partial charge in [-0.2, -0.15) is 5.10 Å². The van der Waals surface area contributed by atoms with Gasteiger partial charge in [-0.05, 0) is 36.6 Å². The van der Waals surface area contributed by atoms with Crippen LogP contribution in [0.15, 0.2) is 65.4 Å². The summed E-state index contributed by atoms with van der Waals surface area (Å²) >= 11 is 1.27. The number of hydrogen-bond donors (Lipinski definition) is 0. The lowest BCUT2D eigenvalue weighted by atomic mass is 9.96. The van der Waals surface area contributed by atoms with Gasteiger partial charge in [0.1, 0.15) is 35.4 Å². The van der Waals surface area contributed by atoms with Crippen LogP contribution in [0.2, 0.25) is 0 Å². The maximum Gasteiger partial charge on any atom is 0.256 e. The Hall–Kier alpha value is -4.82. The van der Waals surface area contributed by atoms with Crippen LogP contribution in [-0.4, -0.2) is 63.4 Å². The molecule has 0 radical (unpaired) electrons. The summed E-state index contributed by atoms with van der Waals surface area (Å²) in [6, 6.07) is 7.66. The number of carbonyl (C=O) groups excluding carboxylic acids is 1. The van der Waals surface area contributed by atoms with Gasteiger partial charge in [0, 0.05) is 59.3 Å². The first kappa shape index (κ1) is 32.1. The summed E-state index contributed by atoms with van der Waals surface area (Å²) in [7, 11) is 1.47. The van der Waals surface area contributed by atoms with Crippen molar-refractivity contribution in [2.24, 2.45) is 0 Å². The molecule has 1 atom stereocenters. The van der Waals surface area contributed by atoms with Crippen molar-refractivity contribution in [3.63, 3.8) is 0 Å². The molecule has 1 aliphatic heterocycles. The van der Waals surface area contributed by atoms with Gasteiger partial charge in [0.15, 0.2) is 0 Å². The zero-order valence-electron chi connectivity index (χ0n) is 25.4. The molecule has 4 aromatic heterocycles. The molecule has 0 saturated carbocycles. The van der Waals surface area contributed by atoms with Crippen LogP contribution in [0.1, 0.15) is 18.7 Å². The molecule has 0 N–H and O–H groups in total. The maximum atomic E-state index is 16.0. The molecular weight excluding hydrogens is 638 g/mol. The second kappa shape index (κ2) is 13.1. The number of fused-ring (bicyclic) bond motifs is 2. The van der Waals surface area contributed by atoms with Gasteiger partial charge >= 0.3 is 0 Å². The fourth-order valence-corrected chi connectivity index (χ4v) is 6.75. The molecule has 244 valence electrons. The molecule has 1 amide bonds. The quantitative estimate of drug-likeness (QED) is 0.0985. The monoisotopic (exact) mass is 667 g/mol. The Bertz CT molecular complexity index is 2060. The zero-order chi connectivity index (χ0) is 33.4. The number of methoxy groups -OCH3 is 1. The highest BCUT2D eigenvalue weighted by molar-refractivity contribution is 7.18. The predicted octanol–water partition coefficient (Wildman–Crippen LogP) is 6.31. The van der Waals surface area contributed by atoms with E-state index in [-0.39, 0.29) is 47.7 Å². The fourth-order valence-electron chi connectivity index (χ4n) is 5.80. The summed E-state index contributed by atoms with van der Waals surface area (Å²) < 4.78 is 71.3. The number of carbonyl (C=O) groups is 1. The molecule has 5 heterocycles. The van der Waals surface area contributed by atoms with Gasteiger partial charge in [0.2, 0.25) is 5.91 Å². The van der Waals surface area contributed by atoms with Gasteiger partial charge in [-0.3, -0.25) is 14.3 Å². The molecule has 0 aliphatic carbocycles. The molecule has 6 rings (SSSR count). The molecule has 0 fully saturated rings. The number of thiophene rings is 1. The number of rotatable bonds is 10. The average Bonchev–Trinajstić information content (AvgIpc) is 3.70. The molecule has 14 heteroatoms. The first-order valence-electron chi connectivity index (χ1n) is 14.6. The van der Waals surface area contributed by atoms with E-state index in [1.54, 1.807) is 27.1 Å². The summed E-state index contributed by atoms with van der Waals surface area (Å²) in [6.07, 6.45) is -0.205. The van der Waals surface area contributed by atoms with E-state index >= 15 is 4.39 Å². The third-order valence-corrected chi connectivity index (χ3v) is 8.90. The first-order valence-corrected chi connectivity index (χ1v) is 15.5. The Balaban J connectivity index is 1.64. The lowest BCUT2D eigenvalue weighted by molar-refractivity contribution is -0.129. The lowest BCUT2D eigenvalue weighted by Gasteiger charge is -2.33. The second-order valence-electron chi connectivity index (χ2n) is 10.8. The van der Waals surface area contributed by atoms with Crippen molar-refractivity contribution in [1.82, 2.24) is 24.2 Å². The first-order chi connectivity index (χ1) is 22.6. The van der Waals surface area contributed by atoms with Crippen LogP contribution >= 0.6 is 11.3 Å². The number of hydrogen-bond acceptors (Lipinski definition) is 7. The Labute approximate surface area is 270 Å². The van der Waals surface area contributed by atoms with E-state index in [2.05, 4.69) is 6.58 Å². The van der Waals surface area contributed by atoms with Gasteiger partial charge in [-0.15, -0.1) is 11.3 Å². The van der Waals surface area contributed by atoms with E-state index < -0.39 is 30.2 Å². The molecule has 0 spiro atoms. The fraction of sp³-hybridized carbons (Fsp3) is 0.273. The van der Waals surface area contributed by atoms with E-state index in [0.717, 1.165) is 16.7 Å². The van der Waals surface area contributed by atoms with E-state index in [4.69, 9.17) is 19.6 Å². The van der Waals surface area contributed by atoms with Crippen molar-refractivity contribution in [3.8, 4) is 39.5 Å². The number of alkyl halides is 2. The second-order valence-corrected chi connectivity index (χ2v) is 11.8. The number of aromatic nitrogens is 4. The van der Waals surface area contributed by atoms with Crippen LogP contribution in [0.4, 0.5) is 17.6 Å². The molecule has 9 nitrogen and oxygen atoms in total. The summed E-state index contributed by atoms with van der Waals surface area (Å²) in [5.74, 6) is -2.05. The van der Waals surface area contributed by atoms with Gasteiger partial charge in [0.25, 0.3) is 12.0 Å². The highest BCUT2D eigenvalue weighted by Gasteiger charge is 2.31. The number of nitrogens with zero attached hydrogens (tertiary/aromatic N) is 5. The molecule has 5 aromatic rings. The predicted molar refractivity (Wildman–Crippen MR) is 170 cm³/mol. The molecule has 47 heavy (non-hydrogen) atoms. The van der Waals surface area contributed by atoms with Crippen molar-refractivity contribution in [2.75, 3.05) is 26.9 Å². The largest absolute Gasteiger partial charge is 0.490 e. The molecule has 0 saturated heterocycles. The van der Waals surface area contributed by atoms with Crippen LogP contribution in [0, 0.1) is 11.6 Å². The van der Waals surface area contributed by atoms with Crippen molar-refractivity contribution in [2.45, 2.75) is 32.5 Å². The zero-order valence-corrected chi connectivity index (χ0v) is 26.2. The van der Waals surface area contributed by atoms with Gasteiger partial charge in [-0.25, -0.2) is 22.5 Å². The molecule has 1 aromatic carbocycles. The minimum absolute atomic E-state index is 0.00988. The molecule has 0 bridgehead atoms. The van der Waals surface area contributed by atoms with E-state index in [1.165, 1.54) is 42.9 Å². The van der Waals surface area contributed by atoms with Crippen molar-refractivity contribution < 1.29 is 31.8 Å². The topological polar surface area (TPSA) is 91.5 Å². The van der Waals surface area contributed by atoms with Gasteiger partial charge < -0.3 is 18.9 Å². The number of benzene rings is 1. The molecular formula is C33H29F4N5O4S. The Morgan fingerprint density at radius 3 is 2.68 bits per heavy atom. The van der Waals surface area contributed by atoms with Crippen LogP contribution in [-0.2, 0) is 22.6 Å². The Kier molecular flexibility index (Phi) is 8.97. The van der Waals surface area contributed by atoms with Crippen LogP contribution < -0.4 is 10.3 Å². The van der Waals surface area contributed by atoms with Gasteiger partial charge in [0.05, 0.1) is 42.7 Å². The van der Waals surface area contributed by atoms with Crippen LogP contribution in [0.25, 0.3) is 43.9 Å². The van der Waals surface area contributed by atoms with E-state index in [9.17, 15) is 22.8 Å². The van der Waals surface area contributed by atoms with Crippen molar-refractivity contribution >= 4 is 27.3 Å². The highest BCUT2D eigenvalue weighted by atomic mass is 32.1. The molecule has 1 aliphatic rings. The number of halogens is 4. The minimum Gasteiger partial charge on any atom is -0.490 e. The van der Waals surface area contributed by atoms with E-state index in [1.807, 2.05) is 6.92 Å². The van der Waals surface area contributed by atoms with Crippen LogP contribution in [0.3, 0.4) is 0 Å². The highest BCUT2D eigenvalue weighted by Crippen LogP contribution is 2.47. The van der Waals surface area contributed by atoms with Gasteiger partial charge in [-0.1, -0.05) is 6.58 Å². The van der Waals surface area contributed by atoms with Crippen molar-refractivity contribution in [3.05, 3.63) is 88.3 Å². The van der Waals surface area contributed by atoms with Crippen LogP contribution in [0.5, 0.6) is 5.75 Å². The Morgan fingerprint density at radius 1 is 1.13 bits per heavy atom. The normalized spacial score (nSPS) is 14.5. The molecule has 1 unspecified atom stereocenters. The smallest absolute Gasteiger partial charge is 0.256 e. The number of amides is 1. The van der Waals surface area contributed by atoms with E-state index in [0.29, 0.717) is 45.8 Å². The Morgan fingerprint density at radius 2 is 1.94 bits per heavy atom.